The number of ether oxygens (including phenoxy) is 3. The first-order valence-corrected chi connectivity index (χ1v) is 30.4. The first-order chi connectivity index (χ1) is 36.0. The monoisotopic (exact) mass is 1010 g/mol. The van der Waals surface area contributed by atoms with Gasteiger partial charge in [0.05, 0.1) is 0 Å². The van der Waals surface area contributed by atoms with Crippen LogP contribution >= 0.6 is 0 Å². The van der Waals surface area contributed by atoms with E-state index in [1.54, 1.807) is 0 Å². The molecule has 73 heavy (non-hydrogen) atoms. The van der Waals surface area contributed by atoms with Crippen LogP contribution in [-0.2, 0) is 28.6 Å². The number of rotatable bonds is 54. The Labute approximate surface area is 450 Å². The molecule has 0 aromatic carbocycles. The first-order valence-electron chi connectivity index (χ1n) is 30.4. The Morgan fingerprint density at radius 1 is 0.288 bits per heavy atom. The Kier molecular flexibility index (Phi) is 57.4. The fourth-order valence-electron chi connectivity index (χ4n) is 8.24. The van der Waals surface area contributed by atoms with Crippen LogP contribution < -0.4 is 0 Å². The highest BCUT2D eigenvalue weighted by Gasteiger charge is 2.19. The minimum Gasteiger partial charge on any atom is -0.462 e. The molecule has 0 rings (SSSR count). The molecule has 0 radical (unpaired) electrons. The summed E-state index contributed by atoms with van der Waals surface area (Å²) in [4.78, 5) is 38.2. The van der Waals surface area contributed by atoms with Gasteiger partial charge in [-0.1, -0.05) is 271 Å². The normalized spacial score (nSPS) is 12.9. The van der Waals surface area contributed by atoms with Crippen molar-refractivity contribution >= 4 is 17.9 Å². The van der Waals surface area contributed by atoms with Gasteiger partial charge in [-0.05, 0) is 96.3 Å². The highest BCUT2D eigenvalue weighted by atomic mass is 16.6. The average molecular weight is 1010 g/mol. The standard InChI is InChI=1S/C67H112O6/c1-4-7-10-13-16-19-22-25-28-31-33-36-38-41-44-47-50-53-56-59-65(68)71-62-64(73-67(70)61-58-55-52-49-46-43-40-35-30-27-24-21-18-15-12-9-6-3)63-72-66(69)60-57-54-51-48-45-42-39-37-34-32-29-26-23-20-17-14-11-8-5-2/h7,10,16,18-19,21,25,27-28,30,33,36,40-41,43-44,50,53,64H,4-6,8-9,11-15,17,20,22-24,26,29,31-32,34-35,37-39,42,45-49,51-52,54-63H2,1-3H3/b10-7-,19-16-,21-18-,28-25-,30-27-,36-33-,43-40-,44-41-,53-50-/t64-/m1/s1. The summed E-state index contributed by atoms with van der Waals surface area (Å²) in [5, 5.41) is 0. The molecule has 0 fully saturated rings. The molecule has 6 nitrogen and oxygen atoms in total. The van der Waals surface area contributed by atoms with Gasteiger partial charge in [-0.3, -0.25) is 14.4 Å². The zero-order chi connectivity index (χ0) is 52.9. The van der Waals surface area contributed by atoms with Gasteiger partial charge in [0.2, 0.25) is 0 Å². The van der Waals surface area contributed by atoms with Crippen LogP contribution in [0.4, 0.5) is 0 Å². The summed E-state index contributed by atoms with van der Waals surface area (Å²) in [6.07, 6.45) is 82.4. The summed E-state index contributed by atoms with van der Waals surface area (Å²) >= 11 is 0. The Balaban J connectivity index is 4.51. The van der Waals surface area contributed by atoms with Crippen LogP contribution in [0.3, 0.4) is 0 Å². The van der Waals surface area contributed by atoms with Gasteiger partial charge in [0.1, 0.15) is 13.2 Å². The van der Waals surface area contributed by atoms with Crippen molar-refractivity contribution < 1.29 is 28.6 Å². The lowest BCUT2D eigenvalue weighted by atomic mass is 10.0. The molecule has 416 valence electrons. The summed E-state index contributed by atoms with van der Waals surface area (Å²) in [7, 11) is 0. The molecular formula is C67H112O6. The third-order valence-electron chi connectivity index (χ3n) is 12.8. The lowest BCUT2D eigenvalue weighted by molar-refractivity contribution is -0.166. The summed E-state index contributed by atoms with van der Waals surface area (Å²) in [5.74, 6) is -1.01. The number of carbonyl (C=O) groups is 3. The maximum Gasteiger partial charge on any atom is 0.306 e. The number of hydrogen-bond donors (Lipinski definition) is 0. The Morgan fingerprint density at radius 3 is 0.945 bits per heavy atom. The number of esters is 3. The summed E-state index contributed by atoms with van der Waals surface area (Å²) < 4.78 is 16.8. The second kappa shape index (κ2) is 60.6. The second-order valence-corrected chi connectivity index (χ2v) is 19.9. The smallest absolute Gasteiger partial charge is 0.306 e. The van der Waals surface area contributed by atoms with Crippen molar-refractivity contribution in [3.8, 4) is 0 Å². The molecule has 0 unspecified atom stereocenters. The molecule has 0 N–H and O–H groups in total. The number of unbranched alkanes of at least 4 members (excludes halogenated alkanes) is 25. The van der Waals surface area contributed by atoms with Crippen molar-refractivity contribution in [1.82, 2.24) is 0 Å². The minimum absolute atomic E-state index is 0.110. The van der Waals surface area contributed by atoms with Crippen LogP contribution in [-0.4, -0.2) is 37.2 Å². The number of hydrogen-bond acceptors (Lipinski definition) is 6. The molecule has 6 heteroatoms. The number of carbonyl (C=O) groups excluding carboxylic acids is 3. The van der Waals surface area contributed by atoms with Gasteiger partial charge in [-0.15, -0.1) is 0 Å². The lowest BCUT2D eigenvalue weighted by Gasteiger charge is -2.18. The van der Waals surface area contributed by atoms with Crippen molar-refractivity contribution in [3.63, 3.8) is 0 Å². The molecule has 0 aromatic rings. The Hall–Kier alpha value is -3.93. The molecular weight excluding hydrogens is 901 g/mol. The van der Waals surface area contributed by atoms with Gasteiger partial charge in [0, 0.05) is 19.3 Å². The van der Waals surface area contributed by atoms with Crippen molar-refractivity contribution in [2.45, 2.75) is 284 Å². The molecule has 0 amide bonds. The van der Waals surface area contributed by atoms with Crippen molar-refractivity contribution in [2.24, 2.45) is 0 Å². The third kappa shape index (κ3) is 58.8. The molecule has 1 atom stereocenters. The van der Waals surface area contributed by atoms with Crippen LogP contribution in [0.5, 0.6) is 0 Å². The van der Waals surface area contributed by atoms with Crippen molar-refractivity contribution in [1.29, 1.82) is 0 Å². The largest absolute Gasteiger partial charge is 0.462 e. The van der Waals surface area contributed by atoms with Crippen LogP contribution in [0, 0.1) is 0 Å². The topological polar surface area (TPSA) is 78.9 Å². The maximum absolute atomic E-state index is 12.9. The van der Waals surface area contributed by atoms with Gasteiger partial charge in [-0.25, -0.2) is 0 Å². The van der Waals surface area contributed by atoms with E-state index in [2.05, 4.69) is 124 Å². The Bertz CT molecular complexity index is 1490. The van der Waals surface area contributed by atoms with E-state index in [1.165, 1.54) is 128 Å². The van der Waals surface area contributed by atoms with Crippen LogP contribution in [0.25, 0.3) is 0 Å². The van der Waals surface area contributed by atoms with Crippen LogP contribution in [0.1, 0.15) is 278 Å². The van der Waals surface area contributed by atoms with Gasteiger partial charge in [0.15, 0.2) is 6.10 Å². The quantitative estimate of drug-likeness (QED) is 0.0261. The van der Waals surface area contributed by atoms with E-state index in [9.17, 15) is 14.4 Å². The predicted molar refractivity (Wildman–Crippen MR) is 316 cm³/mol. The minimum atomic E-state index is -0.822. The van der Waals surface area contributed by atoms with Crippen molar-refractivity contribution in [2.75, 3.05) is 13.2 Å². The predicted octanol–water partition coefficient (Wildman–Crippen LogP) is 20.7. The molecule has 0 saturated carbocycles. The van der Waals surface area contributed by atoms with Gasteiger partial charge < -0.3 is 14.2 Å². The average Bonchev–Trinajstić information content (AvgIpc) is 3.39. The molecule has 0 aromatic heterocycles. The molecule has 0 bridgehead atoms. The third-order valence-corrected chi connectivity index (χ3v) is 12.8. The van der Waals surface area contributed by atoms with E-state index in [0.29, 0.717) is 12.8 Å². The van der Waals surface area contributed by atoms with E-state index in [4.69, 9.17) is 14.2 Å². The van der Waals surface area contributed by atoms with Gasteiger partial charge in [0.25, 0.3) is 0 Å². The van der Waals surface area contributed by atoms with Gasteiger partial charge >= 0.3 is 17.9 Å². The van der Waals surface area contributed by atoms with E-state index >= 15 is 0 Å². The summed E-state index contributed by atoms with van der Waals surface area (Å²) in [6.45, 7) is 6.44. The molecule has 0 spiro atoms. The molecule has 0 aliphatic heterocycles. The first kappa shape index (κ1) is 69.1. The van der Waals surface area contributed by atoms with E-state index in [-0.39, 0.29) is 44.0 Å². The van der Waals surface area contributed by atoms with E-state index in [1.807, 2.05) is 6.08 Å². The molecule has 0 aliphatic rings. The zero-order valence-electron chi connectivity index (χ0n) is 47.6. The van der Waals surface area contributed by atoms with Gasteiger partial charge in [-0.2, -0.15) is 0 Å². The highest BCUT2D eigenvalue weighted by Crippen LogP contribution is 2.16. The summed E-state index contributed by atoms with van der Waals surface area (Å²) in [5.41, 5.74) is 0. The highest BCUT2D eigenvalue weighted by molar-refractivity contribution is 5.71. The lowest BCUT2D eigenvalue weighted by Crippen LogP contribution is -2.30. The van der Waals surface area contributed by atoms with E-state index < -0.39 is 6.10 Å². The SMILES string of the molecule is CC/C=C\C/C=C\C/C=C\C/C=C\C/C=C\C/C=C\CCC(=O)OC[C@H](COC(=O)CCCCCCCCCCCCCCCCCCCCC)OC(=O)CCCCCC/C=C\C/C=C\C/C=C\CCCCC. The number of allylic oxidation sites excluding steroid dienone is 18. The zero-order valence-corrected chi connectivity index (χ0v) is 47.6. The fraction of sp³-hybridized carbons (Fsp3) is 0.687. The van der Waals surface area contributed by atoms with Crippen LogP contribution in [0.2, 0.25) is 0 Å². The maximum atomic E-state index is 12.9. The molecule has 0 saturated heterocycles. The van der Waals surface area contributed by atoms with E-state index in [0.717, 1.165) is 103 Å². The second-order valence-electron chi connectivity index (χ2n) is 19.9. The van der Waals surface area contributed by atoms with Crippen molar-refractivity contribution in [3.05, 3.63) is 109 Å². The fourth-order valence-corrected chi connectivity index (χ4v) is 8.24. The molecule has 0 aliphatic carbocycles. The summed E-state index contributed by atoms with van der Waals surface area (Å²) in [6, 6.07) is 0. The van der Waals surface area contributed by atoms with Crippen LogP contribution in [0.15, 0.2) is 109 Å². The Morgan fingerprint density at radius 2 is 0.562 bits per heavy atom. The molecule has 0 heterocycles.